The largest absolute Gasteiger partial charge is 0.496 e. The molecule has 4 heteroatoms. The smallest absolute Gasteiger partial charge is 0.256 e. The van der Waals surface area contributed by atoms with Crippen LogP contribution in [0.1, 0.15) is 71.4 Å². The van der Waals surface area contributed by atoms with Gasteiger partial charge in [-0.3, -0.25) is 4.79 Å². The minimum absolute atomic E-state index is 0.0787. The highest BCUT2D eigenvalue weighted by Crippen LogP contribution is 2.47. The van der Waals surface area contributed by atoms with Crippen molar-refractivity contribution in [2.24, 2.45) is 0 Å². The molecular weight excluding hydrogens is 324 g/mol. The molecule has 0 aromatic heterocycles. The molecule has 3 rings (SSSR count). The van der Waals surface area contributed by atoms with Crippen LogP contribution in [-0.2, 0) is 0 Å². The van der Waals surface area contributed by atoms with E-state index < -0.39 is 6.04 Å². The van der Waals surface area contributed by atoms with Gasteiger partial charge in [0.25, 0.3) is 5.91 Å². The van der Waals surface area contributed by atoms with E-state index >= 15 is 0 Å². The molecule has 0 saturated heterocycles. The molecule has 0 N–H and O–H groups in total. The summed E-state index contributed by atoms with van der Waals surface area (Å²) in [4.78, 5) is 15.0. The molecular formula is C22H24N2O2. The summed E-state index contributed by atoms with van der Waals surface area (Å²) in [5.74, 6) is 0.818. The van der Waals surface area contributed by atoms with Crippen LogP contribution in [0.15, 0.2) is 36.4 Å². The van der Waals surface area contributed by atoms with E-state index in [2.05, 4.69) is 19.9 Å². The molecule has 1 aliphatic heterocycles. The van der Waals surface area contributed by atoms with Crippen molar-refractivity contribution in [2.75, 3.05) is 7.11 Å². The van der Waals surface area contributed by atoms with E-state index in [-0.39, 0.29) is 17.9 Å². The Hall–Kier alpha value is -2.80. The molecule has 0 spiro atoms. The monoisotopic (exact) mass is 348 g/mol. The zero-order valence-electron chi connectivity index (χ0n) is 15.9. The van der Waals surface area contributed by atoms with Crippen molar-refractivity contribution in [3.05, 3.63) is 64.2 Å². The number of nitrogens with zero attached hydrogens (tertiary/aromatic N) is 2. The maximum atomic E-state index is 13.3. The van der Waals surface area contributed by atoms with Crippen LogP contribution in [0, 0.1) is 18.3 Å². The Bertz CT molecular complexity index is 881. The second-order valence-corrected chi connectivity index (χ2v) is 7.08. The van der Waals surface area contributed by atoms with E-state index in [1.54, 1.807) is 12.0 Å². The molecule has 0 aliphatic carbocycles. The Morgan fingerprint density at radius 3 is 2.38 bits per heavy atom. The number of carbonyl (C=O) groups is 1. The number of ether oxygens (including phenoxy) is 1. The highest BCUT2D eigenvalue weighted by atomic mass is 16.5. The van der Waals surface area contributed by atoms with Crippen molar-refractivity contribution in [3.8, 4) is 11.8 Å². The van der Waals surface area contributed by atoms with Crippen LogP contribution < -0.4 is 4.74 Å². The normalized spacial score (nSPS) is 17.2. The van der Waals surface area contributed by atoms with Gasteiger partial charge in [0.1, 0.15) is 11.8 Å². The zero-order chi connectivity index (χ0) is 19.0. The number of aryl methyl sites for hydroxylation is 1. The van der Waals surface area contributed by atoms with E-state index in [1.165, 1.54) is 0 Å². The van der Waals surface area contributed by atoms with E-state index in [1.807, 2.05) is 50.2 Å². The predicted molar refractivity (Wildman–Crippen MR) is 101 cm³/mol. The third kappa shape index (κ3) is 2.64. The summed E-state index contributed by atoms with van der Waals surface area (Å²) >= 11 is 0. The molecule has 2 aromatic carbocycles. The van der Waals surface area contributed by atoms with E-state index in [0.717, 1.165) is 28.0 Å². The van der Waals surface area contributed by atoms with Crippen molar-refractivity contribution in [1.82, 2.24) is 4.90 Å². The van der Waals surface area contributed by atoms with Crippen molar-refractivity contribution < 1.29 is 9.53 Å². The summed E-state index contributed by atoms with van der Waals surface area (Å²) in [5.41, 5.74) is 4.30. The molecule has 1 amide bonds. The Morgan fingerprint density at radius 1 is 1.19 bits per heavy atom. The maximum Gasteiger partial charge on any atom is 0.256 e. The minimum Gasteiger partial charge on any atom is -0.496 e. The molecule has 134 valence electrons. The second kappa shape index (κ2) is 6.84. The van der Waals surface area contributed by atoms with Crippen LogP contribution in [0.2, 0.25) is 0 Å². The highest BCUT2D eigenvalue weighted by molar-refractivity contribution is 6.02. The Kier molecular flexibility index (Phi) is 4.73. The lowest BCUT2D eigenvalue weighted by Gasteiger charge is -2.28. The fourth-order valence-electron chi connectivity index (χ4n) is 3.96. The number of carbonyl (C=O) groups excluding carboxylic acids is 1. The van der Waals surface area contributed by atoms with Crippen molar-refractivity contribution >= 4 is 5.91 Å². The Labute approximate surface area is 155 Å². The lowest BCUT2D eigenvalue weighted by Crippen LogP contribution is -2.30. The molecule has 1 heterocycles. The topological polar surface area (TPSA) is 53.3 Å². The van der Waals surface area contributed by atoms with E-state index in [4.69, 9.17) is 4.74 Å². The van der Waals surface area contributed by atoms with Gasteiger partial charge < -0.3 is 9.64 Å². The SMILES string of the molecule is COc1cc(C)c2c(c1C(C)C)C(C#N)N(C(C)c1ccccc1)C2=O. The number of benzene rings is 2. The first kappa shape index (κ1) is 18.0. The summed E-state index contributed by atoms with van der Waals surface area (Å²) < 4.78 is 5.58. The predicted octanol–water partition coefficient (Wildman–Crippen LogP) is 4.91. The number of hydrogen-bond donors (Lipinski definition) is 0. The van der Waals surface area contributed by atoms with Gasteiger partial charge in [-0.1, -0.05) is 44.2 Å². The fraction of sp³-hybridized carbons (Fsp3) is 0.364. The lowest BCUT2D eigenvalue weighted by molar-refractivity contribution is 0.0686. The van der Waals surface area contributed by atoms with Gasteiger partial charge in [-0.25, -0.2) is 0 Å². The van der Waals surface area contributed by atoms with E-state index in [9.17, 15) is 10.1 Å². The van der Waals surface area contributed by atoms with Gasteiger partial charge >= 0.3 is 0 Å². The number of hydrogen-bond acceptors (Lipinski definition) is 3. The van der Waals surface area contributed by atoms with Crippen molar-refractivity contribution in [3.63, 3.8) is 0 Å². The Balaban J connectivity index is 2.21. The molecule has 2 atom stereocenters. The van der Waals surface area contributed by atoms with Gasteiger partial charge in [-0.2, -0.15) is 5.26 Å². The van der Waals surface area contributed by atoms with Crippen LogP contribution in [-0.4, -0.2) is 17.9 Å². The van der Waals surface area contributed by atoms with Crippen molar-refractivity contribution in [2.45, 2.75) is 45.7 Å². The average molecular weight is 348 g/mol. The summed E-state index contributed by atoms with van der Waals surface area (Å²) in [6.07, 6.45) is 0. The standard InChI is InChI=1S/C22H24N2O2/c1-13(2)19-18(26-5)11-14(3)20-21(19)17(12-23)24(22(20)25)15(4)16-9-7-6-8-10-16/h6-11,13,15,17H,1-5H3. The molecule has 26 heavy (non-hydrogen) atoms. The first-order chi connectivity index (χ1) is 12.4. The first-order valence-corrected chi connectivity index (χ1v) is 8.90. The van der Waals surface area contributed by atoms with Crippen LogP contribution in [0.25, 0.3) is 0 Å². The first-order valence-electron chi connectivity index (χ1n) is 8.90. The lowest BCUT2D eigenvalue weighted by atomic mass is 9.88. The van der Waals surface area contributed by atoms with Crippen LogP contribution >= 0.6 is 0 Å². The number of amides is 1. The third-order valence-corrected chi connectivity index (χ3v) is 5.19. The third-order valence-electron chi connectivity index (χ3n) is 5.19. The number of fused-ring (bicyclic) bond motifs is 1. The molecule has 4 nitrogen and oxygen atoms in total. The number of nitriles is 1. The maximum absolute atomic E-state index is 13.3. The zero-order valence-corrected chi connectivity index (χ0v) is 15.9. The fourth-order valence-corrected chi connectivity index (χ4v) is 3.96. The summed E-state index contributed by atoms with van der Waals surface area (Å²) in [5, 5.41) is 9.97. The van der Waals surface area contributed by atoms with Crippen molar-refractivity contribution in [1.29, 1.82) is 5.26 Å². The molecule has 2 unspecified atom stereocenters. The Morgan fingerprint density at radius 2 is 1.85 bits per heavy atom. The molecule has 0 radical (unpaired) electrons. The van der Waals surface area contributed by atoms with Crippen LogP contribution in [0.3, 0.4) is 0 Å². The average Bonchev–Trinajstić information content (AvgIpc) is 2.93. The summed E-state index contributed by atoms with van der Waals surface area (Å²) in [6, 6.07) is 13.3. The molecule has 0 bridgehead atoms. The summed E-state index contributed by atoms with van der Waals surface area (Å²) in [7, 11) is 1.63. The van der Waals surface area contributed by atoms with Gasteiger partial charge in [0.05, 0.1) is 19.2 Å². The van der Waals surface area contributed by atoms with Crippen LogP contribution in [0.5, 0.6) is 5.75 Å². The van der Waals surface area contributed by atoms with Gasteiger partial charge in [-0.15, -0.1) is 0 Å². The summed E-state index contributed by atoms with van der Waals surface area (Å²) in [6.45, 7) is 8.02. The van der Waals surface area contributed by atoms with E-state index in [0.29, 0.717) is 5.56 Å². The van der Waals surface area contributed by atoms with Gasteiger partial charge in [-0.05, 0) is 37.0 Å². The molecule has 1 aliphatic rings. The molecule has 0 saturated carbocycles. The number of rotatable bonds is 4. The van der Waals surface area contributed by atoms with Gasteiger partial charge in [0.15, 0.2) is 0 Å². The van der Waals surface area contributed by atoms with Gasteiger partial charge in [0, 0.05) is 16.7 Å². The van der Waals surface area contributed by atoms with Crippen LogP contribution in [0.4, 0.5) is 0 Å². The molecule has 0 fully saturated rings. The van der Waals surface area contributed by atoms with Gasteiger partial charge in [0.2, 0.25) is 0 Å². The minimum atomic E-state index is -0.612. The number of methoxy groups -OCH3 is 1. The molecule has 2 aromatic rings. The second-order valence-electron chi connectivity index (χ2n) is 7.08. The highest BCUT2D eigenvalue weighted by Gasteiger charge is 2.43. The quantitative estimate of drug-likeness (QED) is 0.789.